The standard InChI is InChI=1S/C28H36O4Si/c1-27(2,3)33(21-10-6-4-7-11-21,22-12-8-5-9-13-22)29-17-16-20-14-15-25-28(32-20)18-23(30-25)26-24(19-28)31-26/h4-13,20,23-26H,14-19H2,1-3H3/t20?,23-,24?,25?,26+,28?/m1/s1. The third-order valence-corrected chi connectivity index (χ3v) is 13.4. The molecule has 2 aromatic carbocycles. The van der Waals surface area contributed by atoms with E-state index in [4.69, 9.17) is 18.6 Å². The van der Waals surface area contributed by atoms with Gasteiger partial charge < -0.3 is 18.6 Å². The van der Waals surface area contributed by atoms with Gasteiger partial charge in [0.2, 0.25) is 0 Å². The summed E-state index contributed by atoms with van der Waals surface area (Å²) in [5, 5.41) is 2.67. The summed E-state index contributed by atoms with van der Waals surface area (Å²) in [7, 11) is -2.49. The van der Waals surface area contributed by atoms with Crippen LogP contribution in [0, 0.1) is 0 Å². The molecule has 1 spiro atoms. The van der Waals surface area contributed by atoms with E-state index in [-0.39, 0.29) is 29.0 Å². The fourth-order valence-electron chi connectivity index (χ4n) is 6.79. The zero-order valence-corrected chi connectivity index (χ0v) is 21.0. The summed E-state index contributed by atoms with van der Waals surface area (Å²) < 4.78 is 26.1. The Bertz CT molecular complexity index is 931. The Morgan fingerprint density at radius 2 is 1.48 bits per heavy atom. The largest absolute Gasteiger partial charge is 0.407 e. The molecule has 1 saturated carbocycles. The van der Waals surface area contributed by atoms with E-state index >= 15 is 0 Å². The maximum Gasteiger partial charge on any atom is 0.261 e. The van der Waals surface area contributed by atoms with Gasteiger partial charge in [0.1, 0.15) is 6.10 Å². The van der Waals surface area contributed by atoms with Crippen molar-refractivity contribution in [3.05, 3.63) is 60.7 Å². The molecule has 6 atom stereocenters. The van der Waals surface area contributed by atoms with E-state index in [1.807, 2.05) is 0 Å². The summed E-state index contributed by atoms with van der Waals surface area (Å²) in [6.45, 7) is 7.73. The number of hydrogen-bond acceptors (Lipinski definition) is 4. The molecule has 3 aliphatic heterocycles. The van der Waals surface area contributed by atoms with Gasteiger partial charge in [-0.05, 0) is 34.7 Å². The van der Waals surface area contributed by atoms with Gasteiger partial charge in [0.25, 0.3) is 8.32 Å². The van der Waals surface area contributed by atoms with Crippen LogP contribution in [0.1, 0.15) is 52.9 Å². The average Bonchev–Trinajstić information content (AvgIpc) is 3.51. The highest BCUT2D eigenvalue weighted by atomic mass is 28.4. The van der Waals surface area contributed by atoms with Crippen LogP contribution in [0.2, 0.25) is 5.04 Å². The molecule has 0 aromatic heterocycles. The second-order valence-electron chi connectivity index (χ2n) is 11.4. The van der Waals surface area contributed by atoms with Crippen molar-refractivity contribution in [2.75, 3.05) is 6.61 Å². The van der Waals surface area contributed by atoms with Gasteiger partial charge in [-0.2, -0.15) is 0 Å². The molecule has 4 aliphatic rings. The van der Waals surface area contributed by atoms with Gasteiger partial charge in [-0.1, -0.05) is 81.4 Å². The Kier molecular flexibility index (Phi) is 5.35. The smallest absolute Gasteiger partial charge is 0.261 e. The van der Waals surface area contributed by atoms with Crippen LogP contribution in [-0.4, -0.2) is 51.0 Å². The second kappa shape index (κ2) is 8.03. The lowest BCUT2D eigenvalue weighted by molar-refractivity contribution is -0.172. The van der Waals surface area contributed by atoms with Crippen molar-refractivity contribution in [3.63, 3.8) is 0 Å². The van der Waals surface area contributed by atoms with E-state index in [1.54, 1.807) is 0 Å². The van der Waals surface area contributed by atoms with Crippen molar-refractivity contribution in [1.29, 1.82) is 0 Å². The predicted molar refractivity (Wildman–Crippen MR) is 132 cm³/mol. The average molecular weight is 465 g/mol. The first kappa shape index (κ1) is 22.0. The van der Waals surface area contributed by atoms with Crippen LogP contribution >= 0.6 is 0 Å². The topological polar surface area (TPSA) is 40.2 Å². The first-order valence-electron chi connectivity index (χ1n) is 12.7. The van der Waals surface area contributed by atoms with Crippen molar-refractivity contribution in [3.8, 4) is 0 Å². The number of ether oxygens (including phenoxy) is 3. The van der Waals surface area contributed by atoms with Crippen molar-refractivity contribution >= 4 is 18.7 Å². The van der Waals surface area contributed by atoms with Crippen molar-refractivity contribution in [2.45, 2.75) is 94.0 Å². The highest BCUT2D eigenvalue weighted by Gasteiger charge is 2.66. The third-order valence-electron chi connectivity index (χ3n) is 8.33. The fraction of sp³-hybridized carbons (Fsp3) is 0.571. The lowest BCUT2D eigenvalue weighted by Crippen LogP contribution is -2.66. The van der Waals surface area contributed by atoms with Crippen LogP contribution < -0.4 is 10.4 Å². The van der Waals surface area contributed by atoms with E-state index in [2.05, 4.69) is 81.4 Å². The molecule has 4 fully saturated rings. The van der Waals surface area contributed by atoms with Crippen LogP contribution in [0.5, 0.6) is 0 Å². The second-order valence-corrected chi connectivity index (χ2v) is 15.7. The summed E-state index contributed by atoms with van der Waals surface area (Å²) in [5.74, 6) is 0. The highest BCUT2D eigenvalue weighted by molar-refractivity contribution is 6.99. The Morgan fingerprint density at radius 3 is 2.09 bits per heavy atom. The lowest BCUT2D eigenvalue weighted by atomic mass is 9.78. The SMILES string of the molecule is CC(C)(C)[Si](OCCC1CCC2O[C@@H]3CC2(CC2O[C@H]23)O1)(c1ccccc1)c1ccccc1. The monoisotopic (exact) mass is 464 g/mol. The molecule has 3 heterocycles. The van der Waals surface area contributed by atoms with E-state index < -0.39 is 8.32 Å². The van der Waals surface area contributed by atoms with E-state index in [0.717, 1.165) is 32.1 Å². The number of fused-ring (bicyclic) bond motifs is 3. The zero-order valence-electron chi connectivity index (χ0n) is 20.0. The minimum Gasteiger partial charge on any atom is -0.407 e. The molecule has 0 N–H and O–H groups in total. The van der Waals surface area contributed by atoms with Gasteiger partial charge in [0.05, 0.1) is 30.0 Å². The van der Waals surface area contributed by atoms with Crippen molar-refractivity contribution < 1.29 is 18.6 Å². The number of epoxide rings is 1. The molecule has 2 bridgehead atoms. The van der Waals surface area contributed by atoms with E-state index in [9.17, 15) is 0 Å². The molecular formula is C28H36O4Si. The van der Waals surface area contributed by atoms with E-state index in [1.165, 1.54) is 10.4 Å². The minimum atomic E-state index is -2.49. The summed E-state index contributed by atoms with van der Waals surface area (Å²) in [5.41, 5.74) is -0.122. The first-order valence-corrected chi connectivity index (χ1v) is 14.6. The van der Waals surface area contributed by atoms with Crippen LogP contribution in [0.4, 0.5) is 0 Å². The molecule has 0 radical (unpaired) electrons. The Morgan fingerprint density at radius 1 is 0.879 bits per heavy atom. The third kappa shape index (κ3) is 3.64. The van der Waals surface area contributed by atoms with Crippen molar-refractivity contribution in [2.24, 2.45) is 0 Å². The summed E-state index contributed by atoms with van der Waals surface area (Å²) >= 11 is 0. The maximum atomic E-state index is 7.11. The van der Waals surface area contributed by atoms with Gasteiger partial charge in [-0.3, -0.25) is 0 Å². The molecule has 176 valence electrons. The lowest BCUT2D eigenvalue weighted by Gasteiger charge is -2.44. The minimum absolute atomic E-state index is 0.00111. The molecule has 33 heavy (non-hydrogen) atoms. The van der Waals surface area contributed by atoms with Gasteiger partial charge in [-0.25, -0.2) is 0 Å². The van der Waals surface area contributed by atoms with Crippen molar-refractivity contribution in [1.82, 2.24) is 0 Å². The molecule has 6 rings (SSSR count). The normalized spacial score (nSPS) is 35.1. The van der Waals surface area contributed by atoms with Crippen LogP contribution in [-0.2, 0) is 18.6 Å². The van der Waals surface area contributed by atoms with Gasteiger partial charge >= 0.3 is 0 Å². The molecular weight excluding hydrogens is 428 g/mol. The summed E-state index contributed by atoms with van der Waals surface area (Å²) in [6, 6.07) is 21.8. The molecule has 0 amide bonds. The molecule has 1 aliphatic carbocycles. The molecule has 5 heteroatoms. The van der Waals surface area contributed by atoms with Crippen LogP contribution in [0.3, 0.4) is 0 Å². The van der Waals surface area contributed by atoms with E-state index in [0.29, 0.717) is 18.8 Å². The molecule has 4 unspecified atom stereocenters. The first-order chi connectivity index (χ1) is 15.9. The number of rotatable bonds is 6. The van der Waals surface area contributed by atoms with Gasteiger partial charge in [-0.15, -0.1) is 0 Å². The predicted octanol–water partition coefficient (Wildman–Crippen LogP) is 4.20. The van der Waals surface area contributed by atoms with Gasteiger partial charge in [0, 0.05) is 19.4 Å². The summed E-state index contributed by atoms with van der Waals surface area (Å²) in [6.07, 6.45) is 6.53. The Hall–Kier alpha value is -1.50. The Balaban J connectivity index is 1.22. The molecule has 3 saturated heterocycles. The number of benzene rings is 2. The maximum absolute atomic E-state index is 7.11. The molecule has 4 nitrogen and oxygen atoms in total. The Labute approximate surface area is 198 Å². The fourth-order valence-corrected chi connectivity index (χ4v) is 11.4. The highest BCUT2D eigenvalue weighted by Crippen LogP contribution is 2.55. The quantitative estimate of drug-likeness (QED) is 0.475. The van der Waals surface area contributed by atoms with Gasteiger partial charge in [0.15, 0.2) is 0 Å². The van der Waals surface area contributed by atoms with Crippen LogP contribution in [0.25, 0.3) is 0 Å². The molecule has 2 aromatic rings. The zero-order chi connectivity index (χ0) is 22.7. The van der Waals surface area contributed by atoms with Crippen LogP contribution in [0.15, 0.2) is 60.7 Å². The summed E-state index contributed by atoms with van der Waals surface area (Å²) in [4.78, 5) is 0. The number of hydrogen-bond donors (Lipinski definition) is 0.